The van der Waals surface area contributed by atoms with Gasteiger partial charge < -0.3 is 10.6 Å². The third kappa shape index (κ3) is 7.08. The molecule has 0 atom stereocenters. The molecule has 0 aliphatic carbocycles. The van der Waals surface area contributed by atoms with Crippen molar-refractivity contribution in [2.24, 2.45) is 5.92 Å². The summed E-state index contributed by atoms with van der Waals surface area (Å²) in [7, 11) is 0. The molecule has 0 saturated carbocycles. The number of nitrogens with one attached hydrogen (secondary N) is 2. The largest absolute Gasteiger partial charge is 0.315 e. The molecule has 3 heteroatoms. The van der Waals surface area contributed by atoms with Crippen molar-refractivity contribution in [3.05, 3.63) is 35.6 Å². The van der Waals surface area contributed by atoms with Crippen LogP contribution in [0.4, 0.5) is 4.39 Å². The van der Waals surface area contributed by atoms with E-state index >= 15 is 0 Å². The minimum absolute atomic E-state index is 0.167. The molecule has 0 unspecified atom stereocenters. The molecular formula is C14H23FN2. The smallest absolute Gasteiger partial charge is 0.123 e. The van der Waals surface area contributed by atoms with Crippen LogP contribution in [0.25, 0.3) is 0 Å². The second-order valence-electron chi connectivity index (χ2n) is 4.72. The van der Waals surface area contributed by atoms with Gasteiger partial charge in [0.15, 0.2) is 0 Å². The molecule has 96 valence electrons. The topological polar surface area (TPSA) is 24.1 Å². The van der Waals surface area contributed by atoms with Gasteiger partial charge in [-0.1, -0.05) is 26.0 Å². The van der Waals surface area contributed by atoms with Crippen molar-refractivity contribution in [3.8, 4) is 0 Å². The fraction of sp³-hybridized carbons (Fsp3) is 0.571. The highest BCUT2D eigenvalue weighted by Gasteiger charge is 1.95. The Labute approximate surface area is 104 Å². The van der Waals surface area contributed by atoms with Gasteiger partial charge in [0.1, 0.15) is 5.82 Å². The number of rotatable bonds is 8. The first-order valence-corrected chi connectivity index (χ1v) is 6.34. The summed E-state index contributed by atoms with van der Waals surface area (Å²) >= 11 is 0. The van der Waals surface area contributed by atoms with Gasteiger partial charge in [0.05, 0.1) is 0 Å². The molecule has 0 heterocycles. The molecule has 0 aromatic heterocycles. The Kier molecular flexibility index (Phi) is 6.82. The first-order valence-electron chi connectivity index (χ1n) is 6.34. The lowest BCUT2D eigenvalue weighted by molar-refractivity contribution is 0.536. The Bertz CT molecular complexity index is 296. The Morgan fingerprint density at radius 3 is 2.29 bits per heavy atom. The van der Waals surface area contributed by atoms with Crippen LogP contribution in [-0.4, -0.2) is 26.2 Å². The lowest BCUT2D eigenvalue weighted by Crippen LogP contribution is -2.30. The lowest BCUT2D eigenvalue weighted by atomic mass is 10.1. The maximum absolute atomic E-state index is 12.7. The normalized spacial score (nSPS) is 11.1. The first kappa shape index (κ1) is 14.1. The molecule has 1 rings (SSSR count). The fourth-order valence-corrected chi connectivity index (χ4v) is 1.58. The molecule has 0 radical (unpaired) electrons. The van der Waals surface area contributed by atoms with Crippen LogP contribution in [0.15, 0.2) is 24.3 Å². The predicted molar refractivity (Wildman–Crippen MR) is 70.7 cm³/mol. The molecule has 0 aliphatic heterocycles. The van der Waals surface area contributed by atoms with Crippen LogP contribution in [0, 0.1) is 11.7 Å². The standard InChI is InChI=1S/C14H23FN2/c1-12(2)11-17-10-9-16-8-7-13-3-5-14(15)6-4-13/h3-6,12,16-17H,7-11H2,1-2H3. The maximum atomic E-state index is 12.7. The molecule has 0 amide bonds. The van der Waals surface area contributed by atoms with Gasteiger partial charge in [0.2, 0.25) is 0 Å². The van der Waals surface area contributed by atoms with Gasteiger partial charge in [-0.3, -0.25) is 0 Å². The van der Waals surface area contributed by atoms with Crippen LogP contribution in [-0.2, 0) is 6.42 Å². The number of hydrogen-bond acceptors (Lipinski definition) is 2. The lowest BCUT2D eigenvalue weighted by Gasteiger charge is -2.08. The van der Waals surface area contributed by atoms with E-state index in [1.54, 1.807) is 0 Å². The summed E-state index contributed by atoms with van der Waals surface area (Å²) < 4.78 is 12.7. The Hall–Kier alpha value is -0.930. The summed E-state index contributed by atoms with van der Waals surface area (Å²) in [6, 6.07) is 6.71. The molecular weight excluding hydrogens is 215 g/mol. The summed E-state index contributed by atoms with van der Waals surface area (Å²) in [4.78, 5) is 0. The monoisotopic (exact) mass is 238 g/mol. The predicted octanol–water partition coefficient (Wildman–Crippen LogP) is 2.20. The Morgan fingerprint density at radius 2 is 1.65 bits per heavy atom. The SMILES string of the molecule is CC(C)CNCCNCCc1ccc(F)cc1. The average molecular weight is 238 g/mol. The van der Waals surface area contributed by atoms with Gasteiger partial charge in [0.25, 0.3) is 0 Å². The summed E-state index contributed by atoms with van der Waals surface area (Å²) in [5, 5.41) is 6.74. The first-order chi connectivity index (χ1) is 8.18. The van der Waals surface area contributed by atoms with E-state index in [1.165, 1.54) is 17.7 Å². The molecule has 1 aromatic rings. The van der Waals surface area contributed by atoms with Crippen LogP contribution in [0.1, 0.15) is 19.4 Å². The third-order valence-electron chi connectivity index (χ3n) is 2.53. The van der Waals surface area contributed by atoms with Gasteiger partial charge in [-0.25, -0.2) is 4.39 Å². The van der Waals surface area contributed by atoms with Crippen molar-refractivity contribution in [3.63, 3.8) is 0 Å². The molecule has 2 N–H and O–H groups in total. The highest BCUT2D eigenvalue weighted by Crippen LogP contribution is 2.02. The number of halogens is 1. The second kappa shape index (κ2) is 8.20. The molecule has 1 aromatic carbocycles. The van der Waals surface area contributed by atoms with E-state index in [4.69, 9.17) is 0 Å². The van der Waals surface area contributed by atoms with Crippen LogP contribution in [0.2, 0.25) is 0 Å². The highest BCUT2D eigenvalue weighted by molar-refractivity contribution is 5.16. The van der Waals surface area contributed by atoms with Crippen LogP contribution in [0.5, 0.6) is 0 Å². The summed E-state index contributed by atoms with van der Waals surface area (Å²) in [6.07, 6.45) is 0.949. The van der Waals surface area contributed by atoms with E-state index < -0.39 is 0 Å². The Morgan fingerprint density at radius 1 is 1.00 bits per heavy atom. The van der Waals surface area contributed by atoms with Crippen LogP contribution < -0.4 is 10.6 Å². The molecule has 0 saturated heterocycles. The molecule has 0 aliphatic rings. The van der Waals surface area contributed by atoms with Gasteiger partial charge >= 0.3 is 0 Å². The van der Waals surface area contributed by atoms with Crippen molar-refractivity contribution >= 4 is 0 Å². The summed E-state index contributed by atoms with van der Waals surface area (Å²) in [5.74, 6) is 0.536. The number of benzene rings is 1. The van der Waals surface area contributed by atoms with E-state index in [-0.39, 0.29) is 5.82 Å². The average Bonchev–Trinajstić information content (AvgIpc) is 2.30. The van der Waals surface area contributed by atoms with Crippen LogP contribution in [0.3, 0.4) is 0 Å². The highest BCUT2D eigenvalue weighted by atomic mass is 19.1. The van der Waals surface area contributed by atoms with Gasteiger partial charge in [-0.05, 0) is 43.1 Å². The molecule has 0 spiro atoms. The van der Waals surface area contributed by atoms with E-state index in [0.29, 0.717) is 5.92 Å². The van der Waals surface area contributed by atoms with Gasteiger partial charge in [-0.15, -0.1) is 0 Å². The quantitative estimate of drug-likeness (QED) is 0.679. The van der Waals surface area contributed by atoms with E-state index in [9.17, 15) is 4.39 Å². The third-order valence-corrected chi connectivity index (χ3v) is 2.53. The maximum Gasteiger partial charge on any atom is 0.123 e. The minimum atomic E-state index is -0.167. The number of hydrogen-bond donors (Lipinski definition) is 2. The van der Waals surface area contributed by atoms with Crippen molar-refractivity contribution in [1.29, 1.82) is 0 Å². The molecule has 0 bridgehead atoms. The zero-order chi connectivity index (χ0) is 12.5. The summed E-state index contributed by atoms with van der Waals surface area (Å²) in [6.45, 7) is 8.40. The van der Waals surface area contributed by atoms with Gasteiger partial charge in [0, 0.05) is 13.1 Å². The van der Waals surface area contributed by atoms with E-state index in [2.05, 4.69) is 24.5 Å². The van der Waals surface area contributed by atoms with E-state index in [0.717, 1.165) is 32.6 Å². The molecule has 0 fully saturated rings. The summed E-state index contributed by atoms with van der Waals surface area (Å²) in [5.41, 5.74) is 1.18. The van der Waals surface area contributed by atoms with Crippen molar-refractivity contribution in [2.45, 2.75) is 20.3 Å². The van der Waals surface area contributed by atoms with Crippen molar-refractivity contribution < 1.29 is 4.39 Å². The minimum Gasteiger partial charge on any atom is -0.315 e. The Balaban J connectivity index is 1.99. The zero-order valence-electron chi connectivity index (χ0n) is 10.8. The molecule has 2 nitrogen and oxygen atoms in total. The van der Waals surface area contributed by atoms with Crippen LogP contribution >= 0.6 is 0 Å². The fourth-order valence-electron chi connectivity index (χ4n) is 1.58. The van der Waals surface area contributed by atoms with E-state index in [1.807, 2.05) is 12.1 Å². The van der Waals surface area contributed by atoms with Crippen molar-refractivity contribution in [2.75, 3.05) is 26.2 Å². The van der Waals surface area contributed by atoms with Gasteiger partial charge in [-0.2, -0.15) is 0 Å². The zero-order valence-corrected chi connectivity index (χ0v) is 10.8. The molecule has 17 heavy (non-hydrogen) atoms. The van der Waals surface area contributed by atoms with Crippen molar-refractivity contribution in [1.82, 2.24) is 10.6 Å². The second-order valence-corrected chi connectivity index (χ2v) is 4.72.